The molecule has 4 nitrogen and oxygen atoms in total. The van der Waals surface area contributed by atoms with E-state index < -0.39 is 0 Å². The molecule has 0 saturated carbocycles. The van der Waals surface area contributed by atoms with Gasteiger partial charge in [0.15, 0.2) is 5.11 Å². The Morgan fingerprint density at radius 3 is 2.67 bits per heavy atom. The van der Waals surface area contributed by atoms with Crippen LogP contribution in [-0.4, -0.2) is 17.8 Å². The lowest BCUT2D eigenvalue weighted by Gasteiger charge is -2.38. The van der Waals surface area contributed by atoms with Crippen LogP contribution in [0.1, 0.15) is 31.9 Å². The van der Waals surface area contributed by atoms with Gasteiger partial charge in [-0.15, -0.1) is 0 Å². The minimum absolute atomic E-state index is 0.0579. The summed E-state index contributed by atoms with van der Waals surface area (Å²) >= 11 is 5.49. The van der Waals surface area contributed by atoms with E-state index in [1.54, 1.807) is 7.11 Å². The predicted octanol–water partition coefficient (Wildman–Crippen LogP) is 4.28. The van der Waals surface area contributed by atoms with Crippen molar-refractivity contribution < 1.29 is 9.47 Å². The molecule has 5 heteroatoms. The Kier molecular flexibility index (Phi) is 4.62. The summed E-state index contributed by atoms with van der Waals surface area (Å²) in [5.74, 6) is 1.68. The zero-order valence-electron chi connectivity index (χ0n) is 14.1. The second-order valence-corrected chi connectivity index (χ2v) is 6.89. The molecule has 1 heterocycles. The Morgan fingerprint density at radius 1 is 1.21 bits per heavy atom. The van der Waals surface area contributed by atoms with Crippen molar-refractivity contribution in [3.8, 4) is 11.5 Å². The molecule has 0 radical (unpaired) electrons. The number of hydrogen-bond donors (Lipinski definition) is 2. The van der Waals surface area contributed by atoms with Crippen LogP contribution >= 0.6 is 12.2 Å². The third kappa shape index (κ3) is 3.79. The highest BCUT2D eigenvalue weighted by molar-refractivity contribution is 7.80. The lowest BCUT2D eigenvalue weighted by Crippen LogP contribution is -2.42. The first-order chi connectivity index (χ1) is 11.5. The van der Waals surface area contributed by atoms with Gasteiger partial charge in [0.2, 0.25) is 0 Å². The maximum absolute atomic E-state index is 6.09. The Morgan fingerprint density at radius 2 is 1.96 bits per heavy atom. The van der Waals surface area contributed by atoms with Crippen LogP contribution in [0.4, 0.5) is 5.69 Å². The van der Waals surface area contributed by atoms with Gasteiger partial charge in [-0.1, -0.05) is 18.2 Å². The summed E-state index contributed by atoms with van der Waals surface area (Å²) < 4.78 is 11.4. The first-order valence-corrected chi connectivity index (χ1v) is 8.37. The maximum Gasteiger partial charge on any atom is 0.171 e. The standard InChI is InChI=1S/C19H22N2O2S/c1-19(2)12-16(15-11-14(22-3)9-10-17(15)23-19)21-18(24)20-13-7-5-4-6-8-13/h4-11,16H,12H2,1-3H3,(H2,20,21,24)/t16-/m1/s1. The fraction of sp³-hybridized carbons (Fsp3) is 0.316. The lowest BCUT2D eigenvalue weighted by molar-refractivity contribution is 0.0695. The van der Waals surface area contributed by atoms with Gasteiger partial charge in [-0.05, 0) is 56.4 Å². The fourth-order valence-electron chi connectivity index (χ4n) is 2.94. The molecule has 0 unspecified atom stereocenters. The molecule has 1 aliphatic heterocycles. The van der Waals surface area contributed by atoms with Crippen LogP contribution in [0, 0.1) is 0 Å². The Labute approximate surface area is 148 Å². The quantitative estimate of drug-likeness (QED) is 0.815. The Balaban J connectivity index is 1.80. The molecule has 24 heavy (non-hydrogen) atoms. The second kappa shape index (κ2) is 6.69. The highest BCUT2D eigenvalue weighted by Gasteiger charge is 2.34. The van der Waals surface area contributed by atoms with Crippen LogP contribution < -0.4 is 20.1 Å². The van der Waals surface area contributed by atoms with Gasteiger partial charge >= 0.3 is 0 Å². The molecule has 0 spiro atoms. The summed E-state index contributed by atoms with van der Waals surface area (Å²) in [5.41, 5.74) is 1.76. The van der Waals surface area contributed by atoms with Crippen molar-refractivity contribution in [3.63, 3.8) is 0 Å². The zero-order valence-corrected chi connectivity index (χ0v) is 14.9. The molecule has 0 fully saturated rings. The van der Waals surface area contributed by atoms with E-state index in [1.165, 1.54) is 0 Å². The highest BCUT2D eigenvalue weighted by atomic mass is 32.1. The lowest BCUT2D eigenvalue weighted by atomic mass is 9.89. The molecule has 2 aromatic carbocycles. The summed E-state index contributed by atoms with van der Waals surface area (Å²) in [6.07, 6.45) is 0.809. The van der Waals surface area contributed by atoms with E-state index >= 15 is 0 Å². The molecule has 0 amide bonds. The summed E-state index contributed by atoms with van der Waals surface area (Å²) in [6.45, 7) is 4.17. The van der Waals surface area contributed by atoms with Crippen LogP contribution in [0.25, 0.3) is 0 Å². The number of para-hydroxylation sites is 1. The summed E-state index contributed by atoms with van der Waals surface area (Å²) in [6, 6.07) is 15.8. The number of fused-ring (bicyclic) bond motifs is 1. The molecule has 0 bridgehead atoms. The average Bonchev–Trinajstić information content (AvgIpc) is 2.54. The molecule has 3 rings (SSSR count). The first-order valence-electron chi connectivity index (χ1n) is 7.96. The van der Waals surface area contributed by atoms with Crippen molar-refractivity contribution in [2.45, 2.75) is 31.9 Å². The smallest absolute Gasteiger partial charge is 0.171 e. The number of hydrogen-bond acceptors (Lipinski definition) is 3. The minimum atomic E-state index is -0.262. The van der Waals surface area contributed by atoms with Crippen LogP contribution in [0.15, 0.2) is 48.5 Å². The third-order valence-electron chi connectivity index (χ3n) is 4.01. The molecule has 1 atom stereocenters. The fourth-order valence-corrected chi connectivity index (χ4v) is 3.20. The highest BCUT2D eigenvalue weighted by Crippen LogP contribution is 2.41. The van der Waals surface area contributed by atoms with Crippen molar-refractivity contribution in [2.75, 3.05) is 12.4 Å². The number of rotatable bonds is 3. The Bertz CT molecular complexity index is 731. The second-order valence-electron chi connectivity index (χ2n) is 6.49. The van der Waals surface area contributed by atoms with E-state index in [4.69, 9.17) is 21.7 Å². The molecule has 1 aliphatic rings. The van der Waals surface area contributed by atoms with Gasteiger partial charge in [-0.3, -0.25) is 0 Å². The third-order valence-corrected chi connectivity index (χ3v) is 4.23. The van der Waals surface area contributed by atoms with E-state index in [0.29, 0.717) is 5.11 Å². The molecule has 2 N–H and O–H groups in total. The van der Waals surface area contributed by atoms with Crippen LogP contribution in [0.5, 0.6) is 11.5 Å². The van der Waals surface area contributed by atoms with E-state index in [-0.39, 0.29) is 11.6 Å². The van der Waals surface area contributed by atoms with Crippen molar-refractivity contribution in [1.29, 1.82) is 0 Å². The Hall–Kier alpha value is -2.27. The van der Waals surface area contributed by atoms with Crippen molar-refractivity contribution in [1.82, 2.24) is 5.32 Å². The monoisotopic (exact) mass is 342 g/mol. The summed E-state index contributed by atoms with van der Waals surface area (Å²) in [4.78, 5) is 0. The van der Waals surface area contributed by atoms with Crippen molar-refractivity contribution in [3.05, 3.63) is 54.1 Å². The molecule has 0 saturated heterocycles. The predicted molar refractivity (Wildman–Crippen MR) is 101 cm³/mol. The molecular formula is C19H22N2O2S. The van der Waals surface area contributed by atoms with Crippen LogP contribution in [0.2, 0.25) is 0 Å². The van der Waals surface area contributed by atoms with E-state index in [0.717, 1.165) is 29.2 Å². The topological polar surface area (TPSA) is 42.5 Å². The number of ether oxygens (including phenoxy) is 2. The van der Waals surface area contributed by atoms with Gasteiger partial charge in [0.25, 0.3) is 0 Å². The summed E-state index contributed by atoms with van der Waals surface area (Å²) in [7, 11) is 1.67. The molecule has 126 valence electrons. The molecule has 0 aliphatic carbocycles. The van der Waals surface area contributed by atoms with E-state index in [2.05, 4.69) is 24.5 Å². The van der Waals surface area contributed by atoms with Gasteiger partial charge in [-0.25, -0.2) is 0 Å². The van der Waals surface area contributed by atoms with Gasteiger partial charge in [0.1, 0.15) is 17.1 Å². The minimum Gasteiger partial charge on any atom is -0.497 e. The number of methoxy groups -OCH3 is 1. The van der Waals surface area contributed by atoms with Gasteiger partial charge < -0.3 is 20.1 Å². The maximum atomic E-state index is 6.09. The van der Waals surface area contributed by atoms with Gasteiger partial charge in [0, 0.05) is 17.7 Å². The first kappa shape index (κ1) is 16.6. The number of thiocarbonyl (C=S) groups is 1. The van der Waals surface area contributed by atoms with Crippen molar-refractivity contribution >= 4 is 23.0 Å². The van der Waals surface area contributed by atoms with E-state index in [1.807, 2.05) is 48.5 Å². The van der Waals surface area contributed by atoms with Crippen LogP contribution in [-0.2, 0) is 0 Å². The normalized spacial score (nSPS) is 18.0. The zero-order chi connectivity index (χ0) is 17.2. The van der Waals surface area contributed by atoms with Crippen molar-refractivity contribution in [2.24, 2.45) is 0 Å². The number of benzene rings is 2. The molecule has 0 aromatic heterocycles. The van der Waals surface area contributed by atoms with Gasteiger partial charge in [0.05, 0.1) is 13.2 Å². The van der Waals surface area contributed by atoms with Crippen LogP contribution in [0.3, 0.4) is 0 Å². The summed E-state index contributed by atoms with van der Waals surface area (Å²) in [5, 5.41) is 7.23. The average molecular weight is 342 g/mol. The van der Waals surface area contributed by atoms with Gasteiger partial charge in [-0.2, -0.15) is 0 Å². The number of anilines is 1. The largest absolute Gasteiger partial charge is 0.497 e. The molecular weight excluding hydrogens is 320 g/mol. The molecule has 2 aromatic rings. The SMILES string of the molecule is COc1ccc2c(c1)[C@H](NC(=S)Nc1ccccc1)CC(C)(C)O2. The number of nitrogens with one attached hydrogen (secondary N) is 2. The van der Waals surface area contributed by atoms with E-state index in [9.17, 15) is 0 Å².